The van der Waals surface area contributed by atoms with Crippen LogP contribution in [0.5, 0.6) is 0 Å². The van der Waals surface area contributed by atoms with Crippen molar-refractivity contribution in [3.8, 4) is 0 Å². The van der Waals surface area contributed by atoms with Gasteiger partial charge in [-0.3, -0.25) is 14.9 Å². The van der Waals surface area contributed by atoms with E-state index in [-0.39, 0.29) is 29.3 Å². The Labute approximate surface area is 144 Å². The summed E-state index contributed by atoms with van der Waals surface area (Å²) in [7, 11) is -3.19. The lowest BCUT2D eigenvalue weighted by Crippen LogP contribution is -2.40. The van der Waals surface area contributed by atoms with E-state index in [0.29, 0.717) is 12.2 Å². The summed E-state index contributed by atoms with van der Waals surface area (Å²) in [5, 5.41) is 10.9. The number of nitro groups is 1. The molecule has 0 bridgehead atoms. The van der Waals surface area contributed by atoms with Crippen LogP contribution in [0, 0.1) is 10.1 Å². The SMILES string of the molecule is O=C(c1cccc([N+](=O)[O-])c1)N(Cc1ccco1)C1CCS(=O)(=O)C1. The summed E-state index contributed by atoms with van der Waals surface area (Å²) in [6.45, 7) is 0.106. The van der Waals surface area contributed by atoms with E-state index in [0.717, 1.165) is 0 Å². The maximum atomic E-state index is 12.9. The third kappa shape index (κ3) is 3.87. The smallest absolute Gasteiger partial charge is 0.270 e. The predicted octanol–water partition coefficient (Wildman–Crippen LogP) is 2.02. The molecule has 1 unspecified atom stereocenters. The van der Waals surface area contributed by atoms with Gasteiger partial charge in [0, 0.05) is 23.7 Å². The molecule has 1 aliphatic heterocycles. The molecular formula is C16H16N2O6S. The number of hydrogen-bond donors (Lipinski definition) is 0. The van der Waals surface area contributed by atoms with Crippen LogP contribution in [0.2, 0.25) is 0 Å². The van der Waals surface area contributed by atoms with Crippen molar-refractivity contribution in [3.05, 3.63) is 64.1 Å². The molecule has 1 atom stereocenters. The molecule has 25 heavy (non-hydrogen) atoms. The molecule has 1 fully saturated rings. The van der Waals surface area contributed by atoms with Gasteiger partial charge in [0.15, 0.2) is 9.84 Å². The molecule has 2 aromatic rings. The Hall–Kier alpha value is -2.68. The fraction of sp³-hybridized carbons (Fsp3) is 0.312. The lowest BCUT2D eigenvalue weighted by molar-refractivity contribution is -0.384. The molecule has 0 N–H and O–H groups in total. The summed E-state index contributed by atoms with van der Waals surface area (Å²) in [6, 6.07) is 8.29. The van der Waals surface area contributed by atoms with Crippen LogP contribution in [-0.4, -0.2) is 41.7 Å². The van der Waals surface area contributed by atoms with Gasteiger partial charge in [0.25, 0.3) is 11.6 Å². The van der Waals surface area contributed by atoms with Gasteiger partial charge in [-0.2, -0.15) is 0 Å². The highest BCUT2D eigenvalue weighted by molar-refractivity contribution is 7.91. The van der Waals surface area contributed by atoms with E-state index in [9.17, 15) is 23.3 Å². The monoisotopic (exact) mass is 364 g/mol. The number of amides is 1. The highest BCUT2D eigenvalue weighted by atomic mass is 32.2. The molecule has 1 saturated heterocycles. The number of hydrogen-bond acceptors (Lipinski definition) is 6. The molecule has 0 saturated carbocycles. The zero-order valence-corrected chi connectivity index (χ0v) is 14.0. The fourth-order valence-electron chi connectivity index (χ4n) is 2.88. The Kier molecular flexibility index (Phi) is 4.58. The Morgan fingerprint density at radius 1 is 1.32 bits per heavy atom. The molecule has 1 amide bonds. The van der Waals surface area contributed by atoms with Gasteiger partial charge in [0.05, 0.1) is 29.2 Å². The number of rotatable bonds is 5. The first kappa shape index (κ1) is 17.2. The molecule has 1 aromatic heterocycles. The summed E-state index contributed by atoms with van der Waals surface area (Å²) in [4.78, 5) is 24.7. The second-order valence-electron chi connectivity index (χ2n) is 5.88. The number of sulfone groups is 1. The molecule has 1 aliphatic rings. The molecule has 0 spiro atoms. The number of nitro benzene ring substituents is 1. The first-order valence-electron chi connectivity index (χ1n) is 7.64. The van der Waals surface area contributed by atoms with Gasteiger partial charge in [-0.1, -0.05) is 6.07 Å². The number of furan rings is 1. The Balaban J connectivity index is 1.91. The first-order valence-corrected chi connectivity index (χ1v) is 9.46. The maximum absolute atomic E-state index is 12.9. The summed E-state index contributed by atoms with van der Waals surface area (Å²) in [5.74, 6) is -0.0339. The van der Waals surface area contributed by atoms with Gasteiger partial charge < -0.3 is 9.32 Å². The van der Waals surface area contributed by atoms with Crippen LogP contribution in [0.3, 0.4) is 0 Å². The number of carbonyl (C=O) groups excluding carboxylic acids is 1. The molecule has 9 heteroatoms. The van der Waals surface area contributed by atoms with E-state index in [1.807, 2.05) is 0 Å². The van der Waals surface area contributed by atoms with Crippen LogP contribution < -0.4 is 0 Å². The first-order chi connectivity index (χ1) is 11.9. The summed E-state index contributed by atoms with van der Waals surface area (Å²) < 4.78 is 28.9. The summed E-state index contributed by atoms with van der Waals surface area (Å²) >= 11 is 0. The van der Waals surface area contributed by atoms with Crippen LogP contribution in [-0.2, 0) is 16.4 Å². The molecular weight excluding hydrogens is 348 g/mol. The van der Waals surface area contributed by atoms with E-state index in [1.54, 1.807) is 12.1 Å². The van der Waals surface area contributed by atoms with E-state index >= 15 is 0 Å². The van der Waals surface area contributed by atoms with E-state index in [1.165, 1.54) is 35.4 Å². The Morgan fingerprint density at radius 2 is 2.12 bits per heavy atom. The summed E-state index contributed by atoms with van der Waals surface area (Å²) in [5.41, 5.74) is -0.0482. The average Bonchev–Trinajstić information content (AvgIpc) is 3.21. The van der Waals surface area contributed by atoms with Crippen molar-refractivity contribution in [3.63, 3.8) is 0 Å². The van der Waals surface area contributed by atoms with E-state index in [2.05, 4.69) is 0 Å². The van der Waals surface area contributed by atoms with Crippen molar-refractivity contribution in [2.24, 2.45) is 0 Å². The van der Waals surface area contributed by atoms with Gasteiger partial charge in [0.1, 0.15) is 5.76 Å². The standard InChI is InChI=1S/C16H16N2O6S/c19-16(12-3-1-4-13(9-12)18(20)21)17(10-15-5-2-7-24-15)14-6-8-25(22,23)11-14/h1-5,7,9,14H,6,8,10-11H2. The van der Waals surface area contributed by atoms with Crippen molar-refractivity contribution >= 4 is 21.4 Å². The second kappa shape index (κ2) is 6.67. The Morgan fingerprint density at radius 3 is 2.72 bits per heavy atom. The molecule has 2 heterocycles. The van der Waals surface area contributed by atoms with Crippen molar-refractivity contribution in [2.45, 2.75) is 19.0 Å². The van der Waals surface area contributed by atoms with Crippen molar-refractivity contribution in [1.82, 2.24) is 4.90 Å². The van der Waals surface area contributed by atoms with Gasteiger partial charge >= 0.3 is 0 Å². The lowest BCUT2D eigenvalue weighted by Gasteiger charge is -2.27. The number of carbonyl (C=O) groups is 1. The molecule has 8 nitrogen and oxygen atoms in total. The second-order valence-corrected chi connectivity index (χ2v) is 8.11. The number of non-ortho nitro benzene ring substituents is 1. The minimum Gasteiger partial charge on any atom is -0.467 e. The average molecular weight is 364 g/mol. The van der Waals surface area contributed by atoms with Gasteiger partial charge in [-0.05, 0) is 24.6 Å². The molecule has 1 aromatic carbocycles. The third-order valence-electron chi connectivity index (χ3n) is 4.12. The van der Waals surface area contributed by atoms with Crippen LogP contribution in [0.15, 0.2) is 47.1 Å². The summed E-state index contributed by atoms with van der Waals surface area (Å²) in [6.07, 6.45) is 1.81. The van der Waals surface area contributed by atoms with E-state index in [4.69, 9.17) is 4.42 Å². The van der Waals surface area contributed by atoms with Crippen molar-refractivity contribution < 1.29 is 22.6 Å². The minimum absolute atomic E-state index is 0.0224. The van der Waals surface area contributed by atoms with Gasteiger partial charge in [0.2, 0.25) is 0 Å². The van der Waals surface area contributed by atoms with Gasteiger partial charge in [-0.15, -0.1) is 0 Å². The quantitative estimate of drug-likeness (QED) is 0.593. The maximum Gasteiger partial charge on any atom is 0.270 e. The highest BCUT2D eigenvalue weighted by Crippen LogP contribution is 2.24. The number of benzene rings is 1. The highest BCUT2D eigenvalue weighted by Gasteiger charge is 2.35. The lowest BCUT2D eigenvalue weighted by atomic mass is 10.1. The molecule has 0 aliphatic carbocycles. The van der Waals surface area contributed by atoms with Crippen LogP contribution in [0.25, 0.3) is 0 Å². The van der Waals surface area contributed by atoms with Crippen LogP contribution >= 0.6 is 0 Å². The third-order valence-corrected chi connectivity index (χ3v) is 5.87. The zero-order valence-electron chi connectivity index (χ0n) is 13.2. The normalized spacial score (nSPS) is 18.8. The Bertz CT molecular complexity index is 891. The van der Waals surface area contributed by atoms with Crippen molar-refractivity contribution in [1.29, 1.82) is 0 Å². The van der Waals surface area contributed by atoms with Crippen LogP contribution in [0.1, 0.15) is 22.5 Å². The molecule has 3 rings (SSSR count). The van der Waals surface area contributed by atoms with Gasteiger partial charge in [-0.25, -0.2) is 8.42 Å². The number of nitrogens with zero attached hydrogens (tertiary/aromatic N) is 2. The van der Waals surface area contributed by atoms with Crippen molar-refractivity contribution in [2.75, 3.05) is 11.5 Å². The fourth-order valence-corrected chi connectivity index (χ4v) is 4.61. The zero-order chi connectivity index (χ0) is 18.0. The largest absolute Gasteiger partial charge is 0.467 e. The van der Waals surface area contributed by atoms with E-state index < -0.39 is 26.7 Å². The van der Waals surface area contributed by atoms with Crippen LogP contribution in [0.4, 0.5) is 5.69 Å². The topological polar surface area (TPSA) is 111 Å². The molecule has 0 radical (unpaired) electrons. The molecule has 132 valence electrons. The predicted molar refractivity (Wildman–Crippen MR) is 88.7 cm³/mol. The minimum atomic E-state index is -3.19.